The van der Waals surface area contributed by atoms with E-state index in [4.69, 9.17) is 0 Å². The number of hydrogen-bond acceptors (Lipinski definition) is 4. The zero-order valence-electron chi connectivity index (χ0n) is 14.6. The average molecular weight is 353 g/mol. The number of carbonyl (C=O) groups is 2. The van der Waals surface area contributed by atoms with E-state index in [2.05, 4.69) is 5.32 Å². The van der Waals surface area contributed by atoms with Crippen LogP contribution in [0.15, 0.2) is 36.4 Å². The maximum atomic E-state index is 12.4. The largest absolute Gasteiger partial charge is 0.322 e. The van der Waals surface area contributed by atoms with Gasteiger partial charge in [-0.05, 0) is 50.1 Å². The number of nitro benzene ring substituents is 1. The topological polar surface area (TPSA) is 92.5 Å². The van der Waals surface area contributed by atoms with Gasteiger partial charge in [0.05, 0.1) is 4.92 Å². The van der Waals surface area contributed by atoms with Crippen molar-refractivity contribution in [2.24, 2.45) is 0 Å². The molecule has 1 aliphatic heterocycles. The molecule has 3 rings (SSSR count). The summed E-state index contributed by atoms with van der Waals surface area (Å²) in [5.41, 5.74) is 2.94. The second-order valence-corrected chi connectivity index (χ2v) is 6.36. The van der Waals surface area contributed by atoms with Crippen LogP contribution in [0.25, 0.3) is 0 Å². The third-order valence-corrected chi connectivity index (χ3v) is 4.49. The Morgan fingerprint density at radius 1 is 1.15 bits per heavy atom. The van der Waals surface area contributed by atoms with Crippen molar-refractivity contribution in [1.82, 2.24) is 0 Å². The molecule has 0 atom stereocenters. The molecule has 0 unspecified atom stereocenters. The number of anilines is 2. The van der Waals surface area contributed by atoms with Crippen molar-refractivity contribution in [2.45, 2.75) is 26.7 Å². The minimum atomic E-state index is -0.502. The molecule has 1 N–H and O–H groups in total. The van der Waals surface area contributed by atoms with Crippen molar-refractivity contribution in [3.05, 3.63) is 63.2 Å². The molecule has 2 aromatic carbocycles. The Morgan fingerprint density at radius 3 is 2.54 bits per heavy atom. The molecule has 7 nitrogen and oxygen atoms in total. The molecule has 0 bridgehead atoms. The van der Waals surface area contributed by atoms with Gasteiger partial charge >= 0.3 is 0 Å². The van der Waals surface area contributed by atoms with Gasteiger partial charge in [0.2, 0.25) is 5.91 Å². The summed E-state index contributed by atoms with van der Waals surface area (Å²) in [5.74, 6) is -0.311. The van der Waals surface area contributed by atoms with Crippen LogP contribution in [0.3, 0.4) is 0 Å². The van der Waals surface area contributed by atoms with Crippen molar-refractivity contribution < 1.29 is 14.5 Å². The Bertz CT molecular complexity index is 908. The molecule has 134 valence electrons. The van der Waals surface area contributed by atoms with E-state index < -0.39 is 10.8 Å². The summed E-state index contributed by atoms with van der Waals surface area (Å²) in [6, 6.07) is 9.72. The molecule has 0 aromatic heterocycles. The fraction of sp³-hybridized carbons (Fsp3) is 0.263. The number of nitrogens with one attached hydrogen (secondary N) is 1. The number of amides is 2. The van der Waals surface area contributed by atoms with E-state index in [1.165, 1.54) is 6.07 Å². The quantitative estimate of drug-likeness (QED) is 0.671. The first-order valence-electron chi connectivity index (χ1n) is 8.34. The first-order chi connectivity index (χ1) is 12.4. The van der Waals surface area contributed by atoms with Gasteiger partial charge < -0.3 is 10.2 Å². The fourth-order valence-corrected chi connectivity index (χ4v) is 3.09. The summed E-state index contributed by atoms with van der Waals surface area (Å²) in [5, 5.41) is 13.8. The standard InChI is InChI=1S/C19H19N3O4/c1-12-5-6-14(11-17(12)22(25)26)19(24)20-15-7-8-16(13(2)10-15)21-9-3-4-18(21)23/h5-8,10-11H,3-4,9H2,1-2H3,(H,20,24). The van der Waals surface area contributed by atoms with Gasteiger partial charge in [0.25, 0.3) is 11.6 Å². The predicted octanol–water partition coefficient (Wildman–Crippen LogP) is 3.59. The Hall–Kier alpha value is -3.22. The number of nitro groups is 1. The first kappa shape index (κ1) is 17.6. The molecule has 1 fully saturated rings. The fourth-order valence-electron chi connectivity index (χ4n) is 3.09. The summed E-state index contributed by atoms with van der Waals surface area (Å²) in [4.78, 5) is 36.6. The molecule has 2 aromatic rings. The van der Waals surface area contributed by atoms with Crippen molar-refractivity contribution in [1.29, 1.82) is 0 Å². The van der Waals surface area contributed by atoms with E-state index in [1.807, 2.05) is 13.0 Å². The van der Waals surface area contributed by atoms with Crippen LogP contribution in [0, 0.1) is 24.0 Å². The monoisotopic (exact) mass is 353 g/mol. The van der Waals surface area contributed by atoms with Crippen molar-refractivity contribution in [3.63, 3.8) is 0 Å². The molecule has 7 heteroatoms. The second-order valence-electron chi connectivity index (χ2n) is 6.36. The molecule has 0 radical (unpaired) electrons. The van der Waals surface area contributed by atoms with Crippen LogP contribution in [-0.4, -0.2) is 23.3 Å². The van der Waals surface area contributed by atoms with Crippen LogP contribution in [-0.2, 0) is 4.79 Å². The molecule has 0 saturated carbocycles. The number of aryl methyl sites for hydroxylation is 2. The average Bonchev–Trinajstić information content (AvgIpc) is 3.01. The second kappa shape index (κ2) is 6.95. The Labute approximate surface area is 150 Å². The van der Waals surface area contributed by atoms with Gasteiger partial charge in [-0.2, -0.15) is 0 Å². The van der Waals surface area contributed by atoms with E-state index in [-0.39, 0.29) is 17.2 Å². The first-order valence-corrected chi connectivity index (χ1v) is 8.34. The summed E-state index contributed by atoms with van der Waals surface area (Å²) in [7, 11) is 0. The van der Waals surface area contributed by atoms with E-state index in [1.54, 1.807) is 36.1 Å². The Morgan fingerprint density at radius 2 is 1.92 bits per heavy atom. The molecule has 1 aliphatic rings. The van der Waals surface area contributed by atoms with Gasteiger partial charge in [-0.25, -0.2) is 0 Å². The number of hydrogen-bond donors (Lipinski definition) is 1. The highest BCUT2D eigenvalue weighted by Crippen LogP contribution is 2.28. The van der Waals surface area contributed by atoms with Crippen molar-refractivity contribution >= 4 is 28.9 Å². The minimum Gasteiger partial charge on any atom is -0.322 e. The predicted molar refractivity (Wildman–Crippen MR) is 98.6 cm³/mol. The van der Waals surface area contributed by atoms with Crippen LogP contribution < -0.4 is 10.2 Å². The van der Waals surface area contributed by atoms with Gasteiger partial charge in [0.15, 0.2) is 0 Å². The lowest BCUT2D eigenvalue weighted by Gasteiger charge is -2.19. The highest BCUT2D eigenvalue weighted by Gasteiger charge is 2.23. The van der Waals surface area contributed by atoms with Gasteiger partial charge in [-0.1, -0.05) is 6.07 Å². The lowest BCUT2D eigenvalue weighted by molar-refractivity contribution is -0.385. The summed E-state index contributed by atoms with van der Waals surface area (Å²) in [6.07, 6.45) is 1.41. The molecular weight excluding hydrogens is 334 g/mol. The molecule has 1 heterocycles. The Balaban J connectivity index is 1.80. The number of rotatable bonds is 4. The molecule has 26 heavy (non-hydrogen) atoms. The van der Waals surface area contributed by atoms with Gasteiger partial charge in [-0.3, -0.25) is 19.7 Å². The number of carbonyl (C=O) groups excluding carboxylic acids is 2. The number of nitrogens with zero attached hydrogens (tertiary/aromatic N) is 2. The summed E-state index contributed by atoms with van der Waals surface area (Å²) >= 11 is 0. The highest BCUT2D eigenvalue weighted by atomic mass is 16.6. The molecular formula is C19H19N3O4. The molecule has 2 amide bonds. The van der Waals surface area contributed by atoms with Crippen LogP contribution >= 0.6 is 0 Å². The zero-order chi connectivity index (χ0) is 18.8. The maximum absolute atomic E-state index is 12.4. The van der Waals surface area contributed by atoms with Crippen LogP contribution in [0.5, 0.6) is 0 Å². The van der Waals surface area contributed by atoms with Gasteiger partial charge in [-0.15, -0.1) is 0 Å². The summed E-state index contributed by atoms with van der Waals surface area (Å²) in [6.45, 7) is 4.22. The SMILES string of the molecule is Cc1cc(NC(=O)c2ccc(C)c([N+](=O)[O-])c2)ccc1N1CCCC1=O. The van der Waals surface area contributed by atoms with E-state index in [9.17, 15) is 19.7 Å². The van der Waals surface area contributed by atoms with Crippen molar-refractivity contribution in [3.8, 4) is 0 Å². The Kier molecular flexibility index (Phi) is 4.71. The van der Waals surface area contributed by atoms with E-state index in [0.717, 1.165) is 17.7 Å². The van der Waals surface area contributed by atoms with Gasteiger partial charge in [0, 0.05) is 41.5 Å². The van der Waals surface area contributed by atoms with Crippen molar-refractivity contribution in [2.75, 3.05) is 16.8 Å². The normalized spacial score (nSPS) is 13.8. The number of benzene rings is 2. The highest BCUT2D eigenvalue weighted by molar-refractivity contribution is 6.05. The third-order valence-electron chi connectivity index (χ3n) is 4.49. The van der Waals surface area contributed by atoms with Crippen LogP contribution in [0.4, 0.5) is 17.1 Å². The van der Waals surface area contributed by atoms with Crippen LogP contribution in [0.1, 0.15) is 34.3 Å². The molecule has 0 aliphatic carbocycles. The lowest BCUT2D eigenvalue weighted by atomic mass is 10.1. The van der Waals surface area contributed by atoms with E-state index >= 15 is 0 Å². The van der Waals surface area contributed by atoms with E-state index in [0.29, 0.717) is 24.2 Å². The molecule has 0 spiro atoms. The summed E-state index contributed by atoms with van der Waals surface area (Å²) < 4.78 is 0. The maximum Gasteiger partial charge on any atom is 0.273 e. The van der Waals surface area contributed by atoms with Crippen LogP contribution in [0.2, 0.25) is 0 Å². The van der Waals surface area contributed by atoms with Gasteiger partial charge in [0.1, 0.15) is 0 Å². The minimum absolute atomic E-state index is 0.0864. The molecule has 1 saturated heterocycles. The zero-order valence-corrected chi connectivity index (χ0v) is 14.6. The smallest absolute Gasteiger partial charge is 0.273 e. The lowest BCUT2D eigenvalue weighted by Crippen LogP contribution is -2.24. The third kappa shape index (κ3) is 3.42.